The molecule has 1 aliphatic rings. The lowest BCUT2D eigenvalue weighted by atomic mass is 9.77. The minimum atomic E-state index is -0.800. The summed E-state index contributed by atoms with van der Waals surface area (Å²) in [5, 5.41) is 18.5. The maximum atomic E-state index is 11.4. The van der Waals surface area contributed by atoms with Gasteiger partial charge in [-0.05, 0) is 13.3 Å². The molecule has 76 valence electrons. The van der Waals surface area contributed by atoms with Crippen molar-refractivity contribution in [2.24, 2.45) is 5.41 Å². The summed E-state index contributed by atoms with van der Waals surface area (Å²) in [7, 11) is 0. The van der Waals surface area contributed by atoms with Gasteiger partial charge < -0.3 is 14.9 Å². The lowest BCUT2D eigenvalue weighted by Crippen LogP contribution is -2.49. The number of ether oxygens (including phenoxy) is 1. The van der Waals surface area contributed by atoms with Crippen LogP contribution in [0.4, 0.5) is 0 Å². The van der Waals surface area contributed by atoms with Crippen molar-refractivity contribution in [2.75, 3.05) is 6.61 Å². The van der Waals surface area contributed by atoms with Crippen LogP contribution in [0.15, 0.2) is 0 Å². The van der Waals surface area contributed by atoms with E-state index in [0.29, 0.717) is 12.8 Å². The third kappa shape index (κ3) is 1.69. The topological polar surface area (TPSA) is 66.8 Å². The number of hydrogen-bond acceptors (Lipinski definition) is 4. The molecule has 13 heavy (non-hydrogen) atoms. The monoisotopic (exact) mass is 188 g/mol. The number of aliphatic hydroxyl groups is 2. The van der Waals surface area contributed by atoms with Crippen LogP contribution >= 0.6 is 0 Å². The van der Waals surface area contributed by atoms with Gasteiger partial charge in [-0.25, -0.2) is 0 Å². The largest absolute Gasteiger partial charge is 0.459 e. The van der Waals surface area contributed by atoms with E-state index < -0.39 is 23.6 Å². The Balaban J connectivity index is 2.76. The van der Waals surface area contributed by atoms with Crippen molar-refractivity contribution in [1.82, 2.24) is 0 Å². The van der Waals surface area contributed by atoms with Crippen molar-refractivity contribution < 1.29 is 19.7 Å². The van der Waals surface area contributed by atoms with Crippen LogP contribution in [0.1, 0.15) is 26.7 Å². The van der Waals surface area contributed by atoms with Gasteiger partial charge in [0.1, 0.15) is 6.10 Å². The summed E-state index contributed by atoms with van der Waals surface area (Å²) in [5.41, 5.74) is -0.800. The van der Waals surface area contributed by atoms with E-state index in [1.165, 1.54) is 0 Å². The minimum Gasteiger partial charge on any atom is -0.459 e. The van der Waals surface area contributed by atoms with Crippen molar-refractivity contribution in [3.63, 3.8) is 0 Å². The summed E-state index contributed by atoms with van der Waals surface area (Å²) in [4.78, 5) is 11.4. The third-order valence-electron chi connectivity index (χ3n) is 2.90. The second-order valence-corrected chi connectivity index (χ2v) is 3.73. The molecule has 3 atom stereocenters. The van der Waals surface area contributed by atoms with Crippen molar-refractivity contribution in [3.05, 3.63) is 0 Å². The van der Waals surface area contributed by atoms with Crippen LogP contribution in [0.2, 0.25) is 0 Å². The van der Waals surface area contributed by atoms with Gasteiger partial charge in [0.15, 0.2) is 0 Å². The molecule has 4 heteroatoms. The normalized spacial score (nSPS) is 40.2. The first-order valence-electron chi connectivity index (χ1n) is 4.54. The number of rotatable bonds is 2. The van der Waals surface area contributed by atoms with Crippen molar-refractivity contribution in [2.45, 2.75) is 38.9 Å². The van der Waals surface area contributed by atoms with E-state index in [-0.39, 0.29) is 6.61 Å². The van der Waals surface area contributed by atoms with Crippen molar-refractivity contribution in [1.29, 1.82) is 0 Å². The van der Waals surface area contributed by atoms with Gasteiger partial charge in [-0.2, -0.15) is 0 Å². The van der Waals surface area contributed by atoms with Crippen LogP contribution in [0.25, 0.3) is 0 Å². The van der Waals surface area contributed by atoms with E-state index in [1.807, 2.05) is 6.92 Å². The minimum absolute atomic E-state index is 0.220. The maximum absolute atomic E-state index is 11.4. The molecule has 1 saturated heterocycles. The average Bonchev–Trinajstić information content (AvgIpc) is 2.13. The molecule has 1 rings (SSSR count). The van der Waals surface area contributed by atoms with E-state index in [9.17, 15) is 9.90 Å². The fourth-order valence-electron chi connectivity index (χ4n) is 1.47. The molecule has 0 bridgehead atoms. The van der Waals surface area contributed by atoms with E-state index in [1.54, 1.807) is 6.92 Å². The number of hydrogen-bond donors (Lipinski definition) is 2. The lowest BCUT2D eigenvalue weighted by molar-refractivity contribution is -0.186. The van der Waals surface area contributed by atoms with E-state index in [2.05, 4.69) is 0 Å². The van der Waals surface area contributed by atoms with Gasteiger partial charge >= 0.3 is 5.97 Å². The fourth-order valence-corrected chi connectivity index (χ4v) is 1.47. The average molecular weight is 188 g/mol. The Bertz CT molecular complexity index is 204. The summed E-state index contributed by atoms with van der Waals surface area (Å²) >= 11 is 0. The summed E-state index contributed by atoms with van der Waals surface area (Å²) in [6.07, 6.45) is -0.379. The Morgan fingerprint density at radius 3 is 2.69 bits per heavy atom. The highest BCUT2D eigenvalue weighted by Crippen LogP contribution is 2.35. The number of carbonyl (C=O) groups excluding carboxylic acids is 1. The lowest BCUT2D eigenvalue weighted by Gasteiger charge is -2.38. The first-order chi connectivity index (χ1) is 6.04. The molecule has 0 saturated carbocycles. The Kier molecular flexibility index (Phi) is 2.93. The molecule has 4 nitrogen and oxygen atoms in total. The fraction of sp³-hybridized carbons (Fsp3) is 0.889. The van der Waals surface area contributed by atoms with Crippen LogP contribution in [-0.4, -0.2) is 35.0 Å². The standard InChI is InChI=1S/C9H16O4/c1-3-9(2)7(11)4-6(5-10)13-8(9)12/h6-7,10-11H,3-5H2,1-2H3/t6-,7-,9+/m1/s1. The molecule has 0 aromatic heterocycles. The summed E-state index contributed by atoms with van der Waals surface area (Å²) in [6.45, 7) is 3.31. The highest BCUT2D eigenvalue weighted by atomic mass is 16.6. The Morgan fingerprint density at radius 2 is 2.31 bits per heavy atom. The van der Waals surface area contributed by atoms with E-state index >= 15 is 0 Å². The molecule has 1 aliphatic heterocycles. The number of aliphatic hydroxyl groups excluding tert-OH is 2. The second-order valence-electron chi connectivity index (χ2n) is 3.73. The molecular weight excluding hydrogens is 172 g/mol. The number of esters is 1. The Morgan fingerprint density at radius 1 is 1.69 bits per heavy atom. The molecule has 0 aromatic rings. The second kappa shape index (κ2) is 3.64. The zero-order valence-electron chi connectivity index (χ0n) is 7.99. The summed E-state index contributed by atoms with van der Waals surface area (Å²) in [5.74, 6) is -0.409. The first-order valence-corrected chi connectivity index (χ1v) is 4.54. The van der Waals surface area contributed by atoms with Gasteiger partial charge in [0.2, 0.25) is 0 Å². The molecule has 1 heterocycles. The third-order valence-corrected chi connectivity index (χ3v) is 2.90. The number of carbonyl (C=O) groups is 1. The van der Waals surface area contributed by atoms with E-state index in [4.69, 9.17) is 9.84 Å². The van der Waals surface area contributed by atoms with Gasteiger partial charge in [-0.1, -0.05) is 6.92 Å². The van der Waals surface area contributed by atoms with Crippen LogP contribution in [-0.2, 0) is 9.53 Å². The molecule has 0 spiro atoms. The molecule has 0 unspecified atom stereocenters. The van der Waals surface area contributed by atoms with Gasteiger partial charge in [0.05, 0.1) is 18.1 Å². The SMILES string of the molecule is CC[C@]1(C)C(=O)O[C@@H](CO)C[C@H]1O. The predicted octanol–water partition coefficient (Wildman–Crippen LogP) is 0.0714. The smallest absolute Gasteiger partial charge is 0.314 e. The molecule has 0 aliphatic carbocycles. The van der Waals surface area contributed by atoms with Gasteiger partial charge in [-0.3, -0.25) is 4.79 Å². The van der Waals surface area contributed by atoms with Gasteiger partial charge in [0.25, 0.3) is 0 Å². The van der Waals surface area contributed by atoms with Crippen LogP contribution in [0.5, 0.6) is 0 Å². The molecular formula is C9H16O4. The summed E-state index contributed by atoms with van der Waals surface area (Å²) in [6, 6.07) is 0. The Hall–Kier alpha value is -0.610. The molecule has 1 fully saturated rings. The summed E-state index contributed by atoms with van der Waals surface area (Å²) < 4.78 is 4.96. The van der Waals surface area contributed by atoms with Crippen molar-refractivity contribution in [3.8, 4) is 0 Å². The molecule has 2 N–H and O–H groups in total. The molecule has 0 radical (unpaired) electrons. The first kappa shape index (κ1) is 10.5. The predicted molar refractivity (Wildman–Crippen MR) is 46.0 cm³/mol. The van der Waals surface area contributed by atoms with Crippen LogP contribution in [0.3, 0.4) is 0 Å². The van der Waals surface area contributed by atoms with E-state index in [0.717, 1.165) is 0 Å². The molecule has 0 amide bonds. The number of cyclic esters (lactones) is 1. The zero-order chi connectivity index (χ0) is 10.1. The molecule has 0 aromatic carbocycles. The zero-order valence-corrected chi connectivity index (χ0v) is 7.99. The van der Waals surface area contributed by atoms with Gasteiger partial charge in [-0.15, -0.1) is 0 Å². The highest BCUT2D eigenvalue weighted by molar-refractivity contribution is 5.78. The quantitative estimate of drug-likeness (QED) is 0.602. The van der Waals surface area contributed by atoms with Crippen molar-refractivity contribution >= 4 is 5.97 Å². The van der Waals surface area contributed by atoms with Gasteiger partial charge in [0, 0.05) is 6.42 Å². The van der Waals surface area contributed by atoms with Crippen LogP contribution < -0.4 is 0 Å². The Labute approximate surface area is 77.5 Å². The van der Waals surface area contributed by atoms with Crippen LogP contribution in [0, 0.1) is 5.41 Å². The maximum Gasteiger partial charge on any atom is 0.314 e. The highest BCUT2D eigenvalue weighted by Gasteiger charge is 2.46.